The second-order valence-corrected chi connectivity index (χ2v) is 8.68. The van der Waals surface area contributed by atoms with Gasteiger partial charge in [-0.25, -0.2) is 14.2 Å². The molecule has 2 atom stereocenters. The maximum atomic E-state index is 14.0. The molecule has 32 heavy (non-hydrogen) atoms. The summed E-state index contributed by atoms with van der Waals surface area (Å²) in [5, 5.41) is 16.2. The van der Waals surface area contributed by atoms with Gasteiger partial charge in [-0.1, -0.05) is 12.1 Å². The number of halogens is 1. The van der Waals surface area contributed by atoms with Crippen LogP contribution in [0, 0.1) is 11.7 Å². The van der Waals surface area contributed by atoms with E-state index in [2.05, 4.69) is 4.90 Å². The van der Waals surface area contributed by atoms with Gasteiger partial charge in [0.05, 0.1) is 24.3 Å². The Labute approximate surface area is 186 Å². The molecule has 8 heteroatoms. The lowest BCUT2D eigenvalue weighted by Gasteiger charge is -2.32. The van der Waals surface area contributed by atoms with E-state index in [-0.39, 0.29) is 23.5 Å². The van der Waals surface area contributed by atoms with Crippen molar-refractivity contribution in [2.75, 3.05) is 39.8 Å². The standard InChI is InChI=1S/C24H27FN4O3/c1-27(11-12-28-9-2-3-10-28)24(31)29-23(16-5-4-6-18(30)13-16)20-15-32-21-8-7-17(25)14-19(21)22(20)26-29/h4-8,13-14,20,23,30H,2-3,9-12,15H2,1H3/t20-,23+/m0/s1. The van der Waals surface area contributed by atoms with Crippen LogP contribution in [0.25, 0.3) is 0 Å². The predicted octanol–water partition coefficient (Wildman–Crippen LogP) is 3.45. The van der Waals surface area contributed by atoms with Gasteiger partial charge in [-0.05, 0) is 61.8 Å². The average molecular weight is 439 g/mol. The van der Waals surface area contributed by atoms with Crippen molar-refractivity contribution in [1.82, 2.24) is 14.8 Å². The van der Waals surface area contributed by atoms with E-state index in [4.69, 9.17) is 9.84 Å². The molecule has 2 aromatic rings. The molecule has 2 aromatic carbocycles. The van der Waals surface area contributed by atoms with Gasteiger partial charge in [-0.2, -0.15) is 5.10 Å². The molecular formula is C24H27FN4O3. The maximum Gasteiger partial charge on any atom is 0.340 e. The first kappa shape index (κ1) is 20.8. The Morgan fingerprint density at radius 2 is 2.06 bits per heavy atom. The summed E-state index contributed by atoms with van der Waals surface area (Å²) in [6.07, 6.45) is 2.41. The van der Waals surface area contributed by atoms with Gasteiger partial charge >= 0.3 is 6.03 Å². The smallest absolute Gasteiger partial charge is 0.340 e. The number of phenols is 1. The molecule has 0 aromatic heterocycles. The lowest BCUT2D eigenvalue weighted by Crippen LogP contribution is -2.43. The minimum Gasteiger partial charge on any atom is -0.508 e. The first-order valence-electron chi connectivity index (χ1n) is 11.1. The number of fused-ring (bicyclic) bond motifs is 3. The van der Waals surface area contributed by atoms with Crippen molar-refractivity contribution in [1.29, 1.82) is 0 Å². The Morgan fingerprint density at radius 3 is 2.84 bits per heavy atom. The van der Waals surface area contributed by atoms with Crippen molar-refractivity contribution >= 4 is 11.7 Å². The number of carbonyl (C=O) groups excluding carboxylic acids is 1. The number of likely N-dealkylation sites (tertiary alicyclic amines) is 1. The van der Waals surface area contributed by atoms with Gasteiger partial charge in [0, 0.05) is 25.7 Å². The molecule has 3 heterocycles. The van der Waals surface area contributed by atoms with Crippen LogP contribution in [0.1, 0.15) is 30.0 Å². The summed E-state index contributed by atoms with van der Waals surface area (Å²) in [5.74, 6) is 0.0424. The highest BCUT2D eigenvalue weighted by Crippen LogP contribution is 2.43. The predicted molar refractivity (Wildman–Crippen MR) is 118 cm³/mol. The summed E-state index contributed by atoms with van der Waals surface area (Å²) in [6.45, 7) is 3.88. The minimum absolute atomic E-state index is 0.119. The highest BCUT2D eigenvalue weighted by atomic mass is 19.1. The molecule has 7 nitrogen and oxygen atoms in total. The van der Waals surface area contributed by atoms with Crippen molar-refractivity contribution in [2.24, 2.45) is 11.0 Å². The molecule has 0 aliphatic carbocycles. The Kier molecular flexibility index (Phi) is 5.46. The summed E-state index contributed by atoms with van der Waals surface area (Å²) in [5.41, 5.74) is 1.97. The molecule has 3 aliphatic heterocycles. The number of aromatic hydroxyl groups is 1. The van der Waals surface area contributed by atoms with Gasteiger partial charge in [-0.15, -0.1) is 0 Å². The van der Waals surface area contributed by atoms with E-state index >= 15 is 0 Å². The third kappa shape index (κ3) is 3.79. The summed E-state index contributed by atoms with van der Waals surface area (Å²) in [6, 6.07) is 10.5. The van der Waals surface area contributed by atoms with Crippen molar-refractivity contribution in [3.8, 4) is 11.5 Å². The second kappa shape index (κ2) is 8.43. The topological polar surface area (TPSA) is 68.6 Å². The Balaban J connectivity index is 1.47. The molecule has 1 N–H and O–H groups in total. The number of likely N-dealkylation sites (N-methyl/N-ethyl adjacent to an activating group) is 1. The van der Waals surface area contributed by atoms with Gasteiger partial charge in [-0.3, -0.25) is 0 Å². The Hall–Kier alpha value is -3.13. The molecular weight excluding hydrogens is 411 g/mol. The first-order chi connectivity index (χ1) is 15.5. The van der Waals surface area contributed by atoms with Crippen LogP contribution in [0.2, 0.25) is 0 Å². The third-order valence-corrected chi connectivity index (χ3v) is 6.53. The third-order valence-electron chi connectivity index (χ3n) is 6.53. The van der Waals surface area contributed by atoms with Crippen molar-refractivity contribution in [3.05, 3.63) is 59.4 Å². The fraction of sp³-hybridized carbons (Fsp3) is 0.417. The first-order valence-corrected chi connectivity index (χ1v) is 11.1. The van der Waals surface area contributed by atoms with Gasteiger partial charge in [0.15, 0.2) is 0 Å². The number of ether oxygens (including phenoxy) is 1. The summed E-state index contributed by atoms with van der Waals surface area (Å²) in [4.78, 5) is 17.5. The Bertz CT molecular complexity index is 1050. The molecule has 0 bridgehead atoms. The van der Waals surface area contributed by atoms with E-state index in [0.29, 0.717) is 30.2 Å². The molecule has 0 spiro atoms. The fourth-order valence-electron chi connectivity index (χ4n) is 4.82. The zero-order valence-corrected chi connectivity index (χ0v) is 18.1. The van der Waals surface area contributed by atoms with Crippen molar-refractivity contribution < 1.29 is 19.0 Å². The number of phenolic OH excluding ortho intramolecular Hbond substituents is 1. The number of hydrogen-bond acceptors (Lipinski definition) is 5. The van der Waals surface area contributed by atoms with E-state index < -0.39 is 6.04 Å². The molecule has 5 rings (SSSR count). The number of hydrazone groups is 1. The average Bonchev–Trinajstić information content (AvgIpc) is 3.44. The molecule has 1 fully saturated rings. The number of benzene rings is 2. The van der Waals surface area contributed by atoms with Crippen LogP contribution in [0.3, 0.4) is 0 Å². The van der Waals surface area contributed by atoms with E-state index in [1.807, 2.05) is 6.07 Å². The van der Waals surface area contributed by atoms with Crippen LogP contribution in [-0.2, 0) is 0 Å². The van der Waals surface area contributed by atoms with E-state index in [1.54, 1.807) is 36.2 Å². The van der Waals surface area contributed by atoms with Crippen LogP contribution in [-0.4, -0.2) is 71.5 Å². The lowest BCUT2D eigenvalue weighted by molar-refractivity contribution is 0.130. The summed E-state index contributed by atoms with van der Waals surface area (Å²) in [7, 11) is 1.78. The van der Waals surface area contributed by atoms with Crippen LogP contribution in [0.15, 0.2) is 47.6 Å². The van der Waals surface area contributed by atoms with Crippen LogP contribution >= 0.6 is 0 Å². The monoisotopic (exact) mass is 438 g/mol. The normalized spacial score (nSPS) is 22.2. The van der Waals surface area contributed by atoms with Gasteiger partial charge in [0.1, 0.15) is 17.3 Å². The number of rotatable bonds is 4. The summed E-state index contributed by atoms with van der Waals surface area (Å²) < 4.78 is 19.9. The van der Waals surface area contributed by atoms with Crippen molar-refractivity contribution in [3.63, 3.8) is 0 Å². The zero-order valence-electron chi connectivity index (χ0n) is 18.1. The molecule has 0 saturated carbocycles. The zero-order chi connectivity index (χ0) is 22.2. The molecule has 168 valence electrons. The number of amides is 2. The fourth-order valence-corrected chi connectivity index (χ4v) is 4.82. The largest absolute Gasteiger partial charge is 0.508 e. The number of hydrogen-bond donors (Lipinski definition) is 1. The maximum absolute atomic E-state index is 14.0. The van der Waals surface area contributed by atoms with Crippen LogP contribution < -0.4 is 4.74 Å². The molecule has 0 radical (unpaired) electrons. The van der Waals surface area contributed by atoms with Crippen LogP contribution in [0.5, 0.6) is 11.5 Å². The van der Waals surface area contributed by atoms with Crippen LogP contribution in [0.4, 0.5) is 9.18 Å². The van der Waals surface area contributed by atoms with Gasteiger partial charge in [0.25, 0.3) is 0 Å². The molecule has 0 unspecified atom stereocenters. The molecule has 1 saturated heterocycles. The number of carbonyl (C=O) groups is 1. The molecule has 3 aliphatic rings. The number of nitrogens with zero attached hydrogens (tertiary/aromatic N) is 4. The number of urea groups is 1. The Morgan fingerprint density at radius 1 is 1.25 bits per heavy atom. The SMILES string of the molecule is CN(CCN1CCCC1)C(=O)N1N=C2c3cc(F)ccc3OC[C@@H]2[C@H]1c1cccc(O)c1. The molecule has 2 amide bonds. The van der Waals surface area contributed by atoms with Gasteiger partial charge < -0.3 is 19.6 Å². The minimum atomic E-state index is -0.449. The van der Waals surface area contributed by atoms with E-state index in [0.717, 1.165) is 25.2 Å². The second-order valence-electron chi connectivity index (χ2n) is 8.68. The highest BCUT2D eigenvalue weighted by Gasteiger charge is 2.46. The van der Waals surface area contributed by atoms with Gasteiger partial charge in [0.2, 0.25) is 0 Å². The lowest BCUT2D eigenvalue weighted by atomic mass is 9.86. The van der Waals surface area contributed by atoms with E-state index in [9.17, 15) is 14.3 Å². The van der Waals surface area contributed by atoms with Crippen molar-refractivity contribution in [2.45, 2.75) is 18.9 Å². The quantitative estimate of drug-likeness (QED) is 0.794. The highest BCUT2D eigenvalue weighted by molar-refractivity contribution is 6.07. The summed E-state index contributed by atoms with van der Waals surface area (Å²) >= 11 is 0. The van der Waals surface area contributed by atoms with E-state index in [1.165, 1.54) is 30.0 Å².